The number of likely N-dealkylation sites (N-methyl/N-ethyl adjacent to an activating group) is 1. The van der Waals surface area contributed by atoms with Gasteiger partial charge in [-0.2, -0.15) is 0 Å². The molecule has 7 nitrogen and oxygen atoms in total. The summed E-state index contributed by atoms with van der Waals surface area (Å²) < 4.78 is 11.0. The number of guanidine groups is 1. The van der Waals surface area contributed by atoms with Crippen LogP contribution in [-0.2, 0) is 4.79 Å². The molecule has 2 rings (SSSR count). The third-order valence-electron chi connectivity index (χ3n) is 4.25. The fourth-order valence-corrected chi connectivity index (χ4v) is 2.60. The van der Waals surface area contributed by atoms with Crippen LogP contribution in [0.1, 0.15) is 25.5 Å². The van der Waals surface area contributed by atoms with Gasteiger partial charge in [0.15, 0.2) is 17.5 Å². The highest BCUT2D eigenvalue weighted by Gasteiger charge is 2.12. The van der Waals surface area contributed by atoms with Gasteiger partial charge in [-0.15, -0.1) is 24.0 Å². The second-order valence-corrected chi connectivity index (χ2v) is 6.65. The number of rotatable bonds is 8. The lowest BCUT2D eigenvalue weighted by Gasteiger charge is -2.20. The predicted molar refractivity (Wildman–Crippen MR) is 132 cm³/mol. The van der Waals surface area contributed by atoms with Gasteiger partial charge in [0.2, 0.25) is 5.91 Å². The highest BCUT2D eigenvalue weighted by Crippen LogP contribution is 2.30. The van der Waals surface area contributed by atoms with Crippen LogP contribution in [0.2, 0.25) is 0 Å². The average molecular weight is 526 g/mol. The number of carbonyl (C=O) groups is 1. The van der Waals surface area contributed by atoms with Crippen LogP contribution in [0.15, 0.2) is 53.5 Å². The Morgan fingerprint density at radius 2 is 1.83 bits per heavy atom. The number of nitrogens with zero attached hydrogens (tertiary/aromatic N) is 2. The molecule has 0 saturated heterocycles. The van der Waals surface area contributed by atoms with Gasteiger partial charge in [0.1, 0.15) is 6.54 Å². The maximum Gasteiger partial charge on any atom is 0.243 e. The Morgan fingerprint density at radius 1 is 1.13 bits per heavy atom. The Bertz CT molecular complexity index is 828. The van der Waals surface area contributed by atoms with Crippen molar-refractivity contribution in [1.82, 2.24) is 10.2 Å². The van der Waals surface area contributed by atoms with E-state index in [0.717, 1.165) is 11.3 Å². The third-order valence-corrected chi connectivity index (χ3v) is 4.25. The summed E-state index contributed by atoms with van der Waals surface area (Å²) in [5.74, 6) is 1.72. The lowest BCUT2D eigenvalue weighted by Crippen LogP contribution is -2.34. The molecule has 0 spiro atoms. The summed E-state index contributed by atoms with van der Waals surface area (Å²) in [4.78, 5) is 18.0. The molecule has 0 aliphatic heterocycles. The van der Waals surface area contributed by atoms with E-state index >= 15 is 0 Å². The number of benzene rings is 2. The standard InChI is InChI=1S/C22H30N4O3.HI/c1-6-29-20-14-18(12-13-19(20)28-5)25-22(23-15-21(27)26(3)4)24-16(2)17-10-8-7-9-11-17;/h7-14,16H,6,15H2,1-5H3,(H2,23,24,25);1H. The first-order valence-corrected chi connectivity index (χ1v) is 9.58. The molecule has 0 fully saturated rings. The van der Waals surface area contributed by atoms with Crippen LogP contribution in [0, 0.1) is 0 Å². The Kier molecular flexibility index (Phi) is 11.0. The Hall–Kier alpha value is -2.49. The monoisotopic (exact) mass is 526 g/mol. The molecule has 2 aromatic rings. The van der Waals surface area contributed by atoms with Crippen molar-refractivity contribution in [1.29, 1.82) is 0 Å². The van der Waals surface area contributed by atoms with Crippen molar-refractivity contribution >= 4 is 41.5 Å². The number of nitrogens with one attached hydrogen (secondary N) is 2. The van der Waals surface area contributed by atoms with E-state index in [9.17, 15) is 4.79 Å². The first-order chi connectivity index (χ1) is 13.9. The van der Waals surface area contributed by atoms with Crippen LogP contribution in [0.4, 0.5) is 5.69 Å². The number of carbonyl (C=O) groups excluding carboxylic acids is 1. The van der Waals surface area contributed by atoms with E-state index in [1.165, 1.54) is 4.90 Å². The zero-order chi connectivity index (χ0) is 21.2. The number of amides is 1. The van der Waals surface area contributed by atoms with E-state index in [1.54, 1.807) is 21.2 Å². The molecule has 30 heavy (non-hydrogen) atoms. The molecule has 1 unspecified atom stereocenters. The molecule has 0 aromatic heterocycles. The smallest absolute Gasteiger partial charge is 0.243 e. The molecule has 2 aromatic carbocycles. The van der Waals surface area contributed by atoms with Gasteiger partial charge in [-0.3, -0.25) is 4.79 Å². The van der Waals surface area contributed by atoms with E-state index in [4.69, 9.17) is 9.47 Å². The molecule has 0 saturated carbocycles. The van der Waals surface area contributed by atoms with E-state index in [1.807, 2.05) is 62.4 Å². The Balaban J connectivity index is 0.00000450. The summed E-state index contributed by atoms with van der Waals surface area (Å²) in [6, 6.07) is 15.6. The van der Waals surface area contributed by atoms with Gasteiger partial charge < -0.3 is 25.0 Å². The lowest BCUT2D eigenvalue weighted by atomic mass is 10.1. The number of hydrogen-bond donors (Lipinski definition) is 2. The summed E-state index contributed by atoms with van der Waals surface area (Å²) in [6.07, 6.45) is 0. The van der Waals surface area contributed by atoms with Crippen LogP contribution >= 0.6 is 24.0 Å². The minimum atomic E-state index is -0.0804. The van der Waals surface area contributed by atoms with Crippen LogP contribution < -0.4 is 20.1 Å². The molecule has 2 N–H and O–H groups in total. The summed E-state index contributed by atoms with van der Waals surface area (Å²) in [6.45, 7) is 4.53. The van der Waals surface area contributed by atoms with Gasteiger partial charge in [0, 0.05) is 25.8 Å². The van der Waals surface area contributed by atoms with Gasteiger partial charge in [-0.25, -0.2) is 4.99 Å². The van der Waals surface area contributed by atoms with Gasteiger partial charge >= 0.3 is 0 Å². The Morgan fingerprint density at radius 3 is 2.43 bits per heavy atom. The van der Waals surface area contributed by atoms with Crippen LogP contribution in [-0.4, -0.2) is 51.1 Å². The highest BCUT2D eigenvalue weighted by atomic mass is 127. The number of hydrogen-bond acceptors (Lipinski definition) is 4. The zero-order valence-corrected chi connectivity index (χ0v) is 20.5. The van der Waals surface area contributed by atoms with Gasteiger partial charge in [0.05, 0.1) is 19.8 Å². The van der Waals surface area contributed by atoms with Crippen LogP contribution in [0.5, 0.6) is 11.5 Å². The van der Waals surface area contributed by atoms with E-state index in [0.29, 0.717) is 24.1 Å². The highest BCUT2D eigenvalue weighted by molar-refractivity contribution is 14.0. The summed E-state index contributed by atoms with van der Waals surface area (Å²) in [7, 11) is 5.03. The molecule has 0 aliphatic rings. The molecule has 0 aliphatic carbocycles. The SMILES string of the molecule is CCOc1cc(NC(=NCC(=O)N(C)C)NC(C)c2ccccc2)ccc1OC.I. The number of methoxy groups -OCH3 is 1. The van der Waals surface area contributed by atoms with Crippen molar-refractivity contribution < 1.29 is 14.3 Å². The van der Waals surface area contributed by atoms with Crippen molar-refractivity contribution in [3.05, 3.63) is 54.1 Å². The van der Waals surface area contributed by atoms with Crippen LogP contribution in [0.3, 0.4) is 0 Å². The third kappa shape index (κ3) is 7.74. The fourth-order valence-electron chi connectivity index (χ4n) is 2.60. The molecule has 1 atom stereocenters. The van der Waals surface area contributed by atoms with Gasteiger partial charge in [-0.1, -0.05) is 30.3 Å². The number of ether oxygens (including phenoxy) is 2. The first kappa shape index (κ1) is 25.5. The van der Waals surface area contributed by atoms with Crippen LogP contribution in [0.25, 0.3) is 0 Å². The molecule has 1 amide bonds. The van der Waals surface area contributed by atoms with E-state index in [-0.39, 0.29) is 42.5 Å². The number of aliphatic imine (C=N–C) groups is 1. The second-order valence-electron chi connectivity index (χ2n) is 6.65. The van der Waals surface area contributed by atoms with Crippen molar-refractivity contribution in [2.24, 2.45) is 4.99 Å². The zero-order valence-electron chi connectivity index (χ0n) is 18.1. The maximum atomic E-state index is 12.0. The lowest BCUT2D eigenvalue weighted by molar-refractivity contribution is -0.127. The second kappa shape index (κ2) is 12.9. The Labute approximate surface area is 195 Å². The molecule has 164 valence electrons. The minimum Gasteiger partial charge on any atom is -0.493 e. The molecule has 0 radical (unpaired) electrons. The normalized spacial score (nSPS) is 11.7. The van der Waals surface area contributed by atoms with Gasteiger partial charge in [0.25, 0.3) is 0 Å². The molecular formula is C22H31IN4O3. The minimum absolute atomic E-state index is 0. The average Bonchev–Trinajstić information content (AvgIpc) is 2.72. The van der Waals surface area contributed by atoms with Crippen molar-refractivity contribution in [3.63, 3.8) is 0 Å². The van der Waals surface area contributed by atoms with E-state index < -0.39 is 0 Å². The summed E-state index contributed by atoms with van der Waals surface area (Å²) >= 11 is 0. The molecular weight excluding hydrogens is 495 g/mol. The van der Waals surface area contributed by atoms with E-state index in [2.05, 4.69) is 15.6 Å². The molecule has 0 bridgehead atoms. The summed E-state index contributed by atoms with van der Waals surface area (Å²) in [5.41, 5.74) is 1.89. The van der Waals surface area contributed by atoms with Gasteiger partial charge in [-0.05, 0) is 31.5 Å². The topological polar surface area (TPSA) is 75.2 Å². The number of anilines is 1. The maximum absolute atomic E-state index is 12.0. The predicted octanol–water partition coefficient (Wildman–Crippen LogP) is 3.92. The fraction of sp³-hybridized carbons (Fsp3) is 0.364. The molecule has 8 heteroatoms. The first-order valence-electron chi connectivity index (χ1n) is 9.58. The van der Waals surface area contributed by atoms with Crippen molar-refractivity contribution in [2.45, 2.75) is 19.9 Å². The van der Waals surface area contributed by atoms with Crippen molar-refractivity contribution in [2.75, 3.05) is 39.7 Å². The number of halogens is 1. The molecule has 0 heterocycles. The quantitative estimate of drug-likeness (QED) is 0.310. The van der Waals surface area contributed by atoms with Crippen molar-refractivity contribution in [3.8, 4) is 11.5 Å². The largest absolute Gasteiger partial charge is 0.493 e. The summed E-state index contributed by atoms with van der Waals surface area (Å²) in [5, 5.41) is 6.61.